The number of hydrogen-bond acceptors (Lipinski definition) is 9. The van der Waals surface area contributed by atoms with Crippen molar-refractivity contribution in [1.82, 2.24) is 0 Å². The number of aliphatic hydroxyl groups is 3. The number of fused-ring (bicyclic) bond motifs is 8. The molecular formula is C69H83N3O9S. The van der Waals surface area contributed by atoms with Crippen LogP contribution in [0.5, 0.6) is 11.5 Å². The molecule has 5 heterocycles. The average molecular weight is 1130 g/mol. The molecule has 10 bridgehead atoms. The molecule has 12 nitrogen and oxygen atoms in total. The fraction of sp³-hybridized carbons (Fsp3) is 0.493. The number of hydrogen-bond donors (Lipinski definition) is 7. The zero-order chi connectivity index (χ0) is 57.3. The highest BCUT2D eigenvalue weighted by atomic mass is 32.2. The van der Waals surface area contributed by atoms with Crippen LogP contribution in [0.3, 0.4) is 0 Å². The molecule has 0 amide bonds. The number of benzene rings is 5. The summed E-state index contributed by atoms with van der Waals surface area (Å²) >= 11 is 0. The van der Waals surface area contributed by atoms with E-state index in [9.17, 15) is 33.4 Å². The van der Waals surface area contributed by atoms with Gasteiger partial charge in [-0.25, -0.2) is 4.99 Å². The Morgan fingerprint density at radius 2 is 1.67 bits per heavy atom. The summed E-state index contributed by atoms with van der Waals surface area (Å²) in [6.45, 7) is 4.26. The van der Waals surface area contributed by atoms with Gasteiger partial charge in [-0.15, -0.1) is 0 Å². The molecular weight excluding hydrogens is 1050 g/mol. The first-order valence-corrected chi connectivity index (χ1v) is 31.8. The maximum atomic E-state index is 14.5. The highest BCUT2D eigenvalue weighted by Crippen LogP contribution is 2.56. The summed E-state index contributed by atoms with van der Waals surface area (Å²) in [7, 11) is -4.70. The molecule has 1 saturated heterocycles. The average Bonchev–Trinajstić information content (AvgIpc) is 3.84. The van der Waals surface area contributed by atoms with Crippen molar-refractivity contribution in [2.45, 2.75) is 176 Å². The van der Waals surface area contributed by atoms with E-state index in [1.165, 1.54) is 0 Å². The van der Waals surface area contributed by atoms with Gasteiger partial charge < -0.3 is 41.4 Å². The third-order valence-electron chi connectivity index (χ3n) is 19.8. The van der Waals surface area contributed by atoms with Crippen molar-refractivity contribution in [2.75, 3.05) is 6.61 Å². The monoisotopic (exact) mass is 1130 g/mol. The highest BCUT2D eigenvalue weighted by molar-refractivity contribution is 7.86. The van der Waals surface area contributed by atoms with E-state index < -0.39 is 56.7 Å². The SMILES string of the molecule is CCCCCC(O)c1ccc(C2CCCC(O)(C(Cc3ccccc3)CC3(N=C(N)N)Oc4ccc5c(c4)CCC(C)C5CC(S(=O)(=O)O)C4C=C5CC(CC6CC(CO)CC#Cc7cc(O)ccc7C5O6)C4c4ccc3cc4)C2)cc1. The number of phenolic OH excluding ortho intramolecular Hbond substituents is 1. The maximum Gasteiger partial charge on any atom is 0.268 e. The summed E-state index contributed by atoms with van der Waals surface area (Å²) in [4.78, 5) is 5.17. The minimum absolute atomic E-state index is 0.0542. The minimum Gasteiger partial charge on any atom is -0.508 e. The molecule has 0 spiro atoms. The van der Waals surface area contributed by atoms with Gasteiger partial charge in [-0.1, -0.05) is 142 Å². The van der Waals surface area contributed by atoms with Crippen LogP contribution < -0.4 is 16.2 Å². The van der Waals surface area contributed by atoms with E-state index >= 15 is 0 Å². The molecule has 13 rings (SSSR count). The zero-order valence-electron chi connectivity index (χ0n) is 47.6. The van der Waals surface area contributed by atoms with Crippen molar-refractivity contribution < 1.29 is 42.9 Å². The number of allylic oxidation sites excluding steroid dienone is 1. The minimum atomic E-state index is -4.70. The molecule has 2 fully saturated rings. The lowest BCUT2D eigenvalue weighted by Crippen LogP contribution is -2.48. The molecule has 434 valence electrons. The predicted molar refractivity (Wildman–Crippen MR) is 321 cm³/mol. The number of aromatic hydroxyl groups is 1. The van der Waals surface area contributed by atoms with Crippen molar-refractivity contribution in [3.63, 3.8) is 0 Å². The molecule has 1 saturated carbocycles. The van der Waals surface area contributed by atoms with Gasteiger partial charge in [0.15, 0.2) is 5.96 Å². The summed E-state index contributed by atoms with van der Waals surface area (Å²) in [5.41, 5.74) is 19.4. The molecule has 8 aliphatic rings. The van der Waals surface area contributed by atoms with Crippen LogP contribution in [0.2, 0.25) is 0 Å². The van der Waals surface area contributed by atoms with Gasteiger partial charge in [-0.05, 0) is 182 Å². The standard InChI is InChI=1S/C69H83N3O9S/c1-3-4-6-16-63(75)47-21-19-46(20-22-47)51-15-10-31-68(76,40-51)55(32-44-11-7-5-8-12-44)41-69(72-67(70)71)54-25-23-48(24-26-54)65-52-34-53(66-60-29-27-56(74)35-49(60)14-9-13-45(42-73)33-58(37-52)80-66)38-62(65)64(82(77,78)79)39-61-43(2)17-18-50-36-57(81-69)28-30-59(50)61/h5,7-8,11-12,19-30,35-36,38,43,45,51-52,55,58,61-66,73-76H,3-4,6,10,13,15-18,31-34,37,39-42H2,1-2H3,(H4,70,71,72)(H,77,78,79). The van der Waals surface area contributed by atoms with E-state index in [-0.39, 0.29) is 66.9 Å². The first-order chi connectivity index (χ1) is 39.5. The molecule has 3 aliphatic carbocycles. The maximum absolute atomic E-state index is 14.5. The molecule has 0 aromatic heterocycles. The number of guanidine groups is 1. The molecule has 0 radical (unpaired) electrons. The number of aliphatic hydroxyl groups excluding tert-OH is 2. The van der Waals surface area contributed by atoms with Gasteiger partial charge in [0.1, 0.15) is 17.6 Å². The number of nitrogens with two attached hydrogens (primary N) is 2. The fourth-order valence-corrected chi connectivity index (χ4v) is 16.7. The number of ether oxygens (including phenoxy) is 2. The van der Waals surface area contributed by atoms with Gasteiger partial charge in [0.25, 0.3) is 10.1 Å². The number of aliphatic imine (C=N–C) groups is 1. The molecule has 82 heavy (non-hydrogen) atoms. The van der Waals surface area contributed by atoms with E-state index in [2.05, 4.69) is 80.3 Å². The van der Waals surface area contributed by atoms with Gasteiger partial charge >= 0.3 is 0 Å². The van der Waals surface area contributed by atoms with Crippen LogP contribution >= 0.6 is 0 Å². The van der Waals surface area contributed by atoms with Crippen molar-refractivity contribution in [3.8, 4) is 23.3 Å². The second kappa shape index (κ2) is 24.3. The number of unbranched alkanes of at least 4 members (excludes halogenated alkanes) is 2. The lowest BCUT2D eigenvalue weighted by molar-refractivity contribution is -0.0834. The van der Waals surface area contributed by atoms with Crippen LogP contribution in [0.4, 0.5) is 0 Å². The summed E-state index contributed by atoms with van der Waals surface area (Å²) < 4.78 is 55.3. The van der Waals surface area contributed by atoms with Crippen molar-refractivity contribution in [2.24, 2.45) is 46.0 Å². The van der Waals surface area contributed by atoms with E-state index in [0.29, 0.717) is 61.8 Å². The van der Waals surface area contributed by atoms with Crippen LogP contribution in [0.15, 0.2) is 132 Å². The normalized spacial score (nSPS) is 30.2. The highest BCUT2D eigenvalue weighted by Gasteiger charge is 2.51. The Bertz CT molecular complexity index is 3300. The van der Waals surface area contributed by atoms with Gasteiger partial charge in [-0.2, -0.15) is 8.42 Å². The first kappa shape index (κ1) is 57.8. The number of aryl methyl sites for hydroxylation is 1. The van der Waals surface area contributed by atoms with Crippen LogP contribution in [-0.4, -0.2) is 62.9 Å². The number of rotatable bonds is 14. The molecule has 14 atom stereocenters. The van der Waals surface area contributed by atoms with E-state index in [4.69, 9.17) is 25.9 Å². The summed E-state index contributed by atoms with van der Waals surface area (Å²) in [5, 5.41) is 44.8. The zero-order valence-corrected chi connectivity index (χ0v) is 48.4. The first-order valence-electron chi connectivity index (χ1n) is 30.3. The Kier molecular flexibility index (Phi) is 17.1. The van der Waals surface area contributed by atoms with Crippen molar-refractivity contribution in [1.29, 1.82) is 0 Å². The third-order valence-corrected chi connectivity index (χ3v) is 21.1. The smallest absolute Gasteiger partial charge is 0.268 e. The van der Waals surface area contributed by atoms with Crippen LogP contribution in [-0.2, 0) is 33.4 Å². The van der Waals surface area contributed by atoms with E-state index in [1.54, 1.807) is 12.1 Å². The summed E-state index contributed by atoms with van der Waals surface area (Å²) in [6.07, 6.45) is 11.8. The van der Waals surface area contributed by atoms with Gasteiger partial charge in [0.2, 0.25) is 5.72 Å². The second-order valence-corrected chi connectivity index (χ2v) is 26.9. The Hall–Kier alpha value is -5.98. The van der Waals surface area contributed by atoms with Gasteiger partial charge in [0.05, 0.1) is 23.1 Å². The second-order valence-electron chi connectivity index (χ2n) is 25.2. The number of nitrogens with zero attached hydrogens (tertiary/aromatic N) is 1. The Morgan fingerprint density at radius 1 is 0.902 bits per heavy atom. The van der Waals surface area contributed by atoms with Crippen molar-refractivity contribution >= 4 is 16.1 Å². The van der Waals surface area contributed by atoms with Crippen molar-refractivity contribution in [3.05, 3.63) is 177 Å². The summed E-state index contributed by atoms with van der Waals surface area (Å²) in [5.74, 6) is 5.05. The lowest BCUT2D eigenvalue weighted by atomic mass is 9.64. The predicted octanol–water partition coefficient (Wildman–Crippen LogP) is 12.1. The van der Waals surface area contributed by atoms with Crippen LogP contribution in [0, 0.1) is 41.4 Å². The molecule has 5 aromatic rings. The lowest BCUT2D eigenvalue weighted by Gasteiger charge is -2.46. The van der Waals surface area contributed by atoms with E-state index in [1.807, 2.05) is 54.6 Å². The molecule has 14 unspecified atom stereocenters. The molecule has 9 N–H and O–H groups in total. The van der Waals surface area contributed by atoms with E-state index in [0.717, 1.165) is 95.9 Å². The third kappa shape index (κ3) is 12.3. The fourth-order valence-electron chi connectivity index (χ4n) is 15.6. The molecule has 5 aliphatic heterocycles. The largest absolute Gasteiger partial charge is 0.508 e. The number of phenols is 1. The van der Waals surface area contributed by atoms with Gasteiger partial charge in [-0.3, -0.25) is 4.55 Å². The Labute approximate surface area is 485 Å². The quantitative estimate of drug-likeness (QED) is 0.0139. The Balaban J connectivity index is 1.05. The topological polar surface area (TPSA) is 218 Å². The summed E-state index contributed by atoms with van der Waals surface area (Å²) in [6, 6.07) is 37.9. The van der Waals surface area contributed by atoms with Gasteiger partial charge in [0, 0.05) is 42.1 Å². The van der Waals surface area contributed by atoms with Crippen LogP contribution in [0.25, 0.3) is 0 Å². The molecule has 13 heteroatoms. The Morgan fingerprint density at radius 3 is 2.41 bits per heavy atom. The van der Waals surface area contributed by atoms with Crippen LogP contribution in [0.1, 0.15) is 190 Å². The molecule has 5 aromatic carbocycles.